The van der Waals surface area contributed by atoms with Gasteiger partial charge in [-0.3, -0.25) is 9.69 Å². The van der Waals surface area contributed by atoms with Crippen molar-refractivity contribution in [1.82, 2.24) is 4.90 Å². The first-order valence-corrected chi connectivity index (χ1v) is 8.13. The van der Waals surface area contributed by atoms with E-state index in [-0.39, 0.29) is 24.2 Å². The fourth-order valence-corrected chi connectivity index (χ4v) is 3.15. The molecule has 0 unspecified atom stereocenters. The van der Waals surface area contributed by atoms with Crippen LogP contribution < -0.4 is 5.32 Å². The van der Waals surface area contributed by atoms with Crippen LogP contribution in [0.15, 0.2) is 54.6 Å². The fourth-order valence-electron chi connectivity index (χ4n) is 3.15. The summed E-state index contributed by atoms with van der Waals surface area (Å²) in [5.41, 5.74) is 1.48. The molecule has 0 radical (unpaired) electrons. The van der Waals surface area contributed by atoms with Gasteiger partial charge in [0.15, 0.2) is 0 Å². The number of nitrogens with zero attached hydrogens (tertiary/aromatic N) is 1. The summed E-state index contributed by atoms with van der Waals surface area (Å²) in [5, 5.41) is 12.2. The second-order valence-electron chi connectivity index (χ2n) is 6.14. The summed E-state index contributed by atoms with van der Waals surface area (Å²) >= 11 is 0. The molecule has 1 amide bonds. The lowest BCUT2D eigenvalue weighted by atomic mass is 10.0. The Balaban J connectivity index is 1.81. The minimum absolute atomic E-state index is 0.136. The van der Waals surface area contributed by atoms with Gasteiger partial charge < -0.3 is 10.4 Å². The number of aliphatic hydroxyl groups excluding tert-OH is 1. The molecule has 1 aliphatic heterocycles. The maximum absolute atomic E-state index is 13.0. The Labute approximate surface area is 140 Å². The number of hydrogen-bond donors (Lipinski definition) is 2. The van der Waals surface area contributed by atoms with Gasteiger partial charge in [0, 0.05) is 18.8 Å². The van der Waals surface area contributed by atoms with Gasteiger partial charge in [0.2, 0.25) is 5.91 Å². The van der Waals surface area contributed by atoms with Crippen LogP contribution in [-0.2, 0) is 4.79 Å². The third kappa shape index (κ3) is 3.80. The molecule has 0 saturated carbocycles. The fraction of sp³-hybridized carbons (Fsp3) is 0.316. The van der Waals surface area contributed by atoms with Crippen LogP contribution in [0, 0.1) is 11.7 Å². The van der Waals surface area contributed by atoms with Gasteiger partial charge in [-0.15, -0.1) is 0 Å². The standard InChI is InChI=1S/C19H21FN2O2/c20-16-6-8-17(9-7-16)21-19(24)18(15-4-2-1-3-5-15)22-11-10-14(12-22)13-23/h1-9,14,18,23H,10-13H2,(H,21,24)/t14-,18+/m0/s1. The number of nitrogens with one attached hydrogen (secondary N) is 1. The third-order valence-corrected chi connectivity index (χ3v) is 4.42. The van der Waals surface area contributed by atoms with Crippen molar-refractivity contribution >= 4 is 11.6 Å². The van der Waals surface area contributed by atoms with Crippen molar-refractivity contribution in [2.75, 3.05) is 25.0 Å². The van der Waals surface area contributed by atoms with E-state index in [1.165, 1.54) is 12.1 Å². The number of halogens is 1. The van der Waals surface area contributed by atoms with Crippen molar-refractivity contribution in [3.05, 3.63) is 66.0 Å². The van der Waals surface area contributed by atoms with Crippen LogP contribution >= 0.6 is 0 Å². The predicted molar refractivity (Wildman–Crippen MR) is 91.0 cm³/mol. The van der Waals surface area contributed by atoms with Crippen molar-refractivity contribution in [2.24, 2.45) is 5.92 Å². The highest BCUT2D eigenvalue weighted by Crippen LogP contribution is 2.29. The number of rotatable bonds is 5. The maximum Gasteiger partial charge on any atom is 0.246 e. The molecule has 1 heterocycles. The van der Waals surface area contributed by atoms with Gasteiger partial charge >= 0.3 is 0 Å². The van der Waals surface area contributed by atoms with Gasteiger partial charge in [-0.2, -0.15) is 0 Å². The molecule has 3 rings (SSSR count). The third-order valence-electron chi connectivity index (χ3n) is 4.42. The van der Waals surface area contributed by atoms with E-state index < -0.39 is 6.04 Å². The number of anilines is 1. The number of likely N-dealkylation sites (tertiary alicyclic amines) is 1. The zero-order valence-corrected chi connectivity index (χ0v) is 13.4. The van der Waals surface area contributed by atoms with Gasteiger partial charge in [0.25, 0.3) is 0 Å². The first-order chi connectivity index (χ1) is 11.7. The van der Waals surface area contributed by atoms with Crippen molar-refractivity contribution in [2.45, 2.75) is 12.5 Å². The molecule has 0 spiro atoms. The summed E-state index contributed by atoms with van der Waals surface area (Å²) in [5.74, 6) is -0.279. The van der Waals surface area contributed by atoms with Crippen LogP contribution in [0.3, 0.4) is 0 Å². The van der Waals surface area contributed by atoms with Crippen molar-refractivity contribution < 1.29 is 14.3 Å². The molecule has 1 saturated heterocycles. The molecule has 1 aliphatic rings. The van der Waals surface area contributed by atoms with E-state index in [1.807, 2.05) is 30.3 Å². The smallest absolute Gasteiger partial charge is 0.246 e. The maximum atomic E-state index is 13.0. The largest absolute Gasteiger partial charge is 0.396 e. The lowest BCUT2D eigenvalue weighted by Gasteiger charge is -2.27. The van der Waals surface area contributed by atoms with E-state index in [9.17, 15) is 14.3 Å². The monoisotopic (exact) mass is 328 g/mol. The molecule has 1 fully saturated rings. The Hall–Kier alpha value is -2.24. The van der Waals surface area contributed by atoms with E-state index in [0.29, 0.717) is 12.2 Å². The minimum atomic E-state index is -0.423. The first kappa shape index (κ1) is 16.6. The zero-order valence-electron chi connectivity index (χ0n) is 13.4. The van der Waals surface area contributed by atoms with Crippen molar-refractivity contribution in [3.8, 4) is 0 Å². The number of hydrogen-bond acceptors (Lipinski definition) is 3. The van der Waals surface area contributed by atoms with Gasteiger partial charge in [0.05, 0.1) is 0 Å². The minimum Gasteiger partial charge on any atom is -0.396 e. The molecule has 24 heavy (non-hydrogen) atoms. The molecule has 0 bridgehead atoms. The molecule has 0 aromatic heterocycles. The molecule has 5 heteroatoms. The molecular formula is C19H21FN2O2. The molecular weight excluding hydrogens is 307 g/mol. The van der Waals surface area contributed by atoms with Gasteiger partial charge in [-0.05, 0) is 48.7 Å². The van der Waals surface area contributed by atoms with E-state index in [4.69, 9.17) is 0 Å². The second kappa shape index (κ2) is 7.55. The average molecular weight is 328 g/mol. The molecule has 126 valence electrons. The Morgan fingerprint density at radius 2 is 1.92 bits per heavy atom. The molecule has 2 aromatic carbocycles. The van der Waals surface area contributed by atoms with E-state index >= 15 is 0 Å². The van der Waals surface area contributed by atoms with Gasteiger partial charge in [-0.1, -0.05) is 30.3 Å². The van der Waals surface area contributed by atoms with E-state index in [0.717, 1.165) is 18.5 Å². The highest BCUT2D eigenvalue weighted by Gasteiger charge is 2.33. The summed E-state index contributed by atoms with van der Waals surface area (Å²) in [7, 11) is 0. The number of carbonyl (C=O) groups excluding carboxylic acids is 1. The van der Waals surface area contributed by atoms with Crippen LogP contribution in [0.4, 0.5) is 10.1 Å². The lowest BCUT2D eigenvalue weighted by Crippen LogP contribution is -2.36. The topological polar surface area (TPSA) is 52.6 Å². The summed E-state index contributed by atoms with van der Waals surface area (Å²) < 4.78 is 13.0. The van der Waals surface area contributed by atoms with Crippen LogP contribution in [0.1, 0.15) is 18.0 Å². The molecule has 0 aliphatic carbocycles. The van der Waals surface area contributed by atoms with Crippen LogP contribution in [0.2, 0.25) is 0 Å². The number of carbonyl (C=O) groups is 1. The zero-order chi connectivity index (χ0) is 16.9. The average Bonchev–Trinajstić information content (AvgIpc) is 3.07. The Morgan fingerprint density at radius 1 is 1.21 bits per heavy atom. The molecule has 4 nitrogen and oxygen atoms in total. The Kier molecular flexibility index (Phi) is 5.23. The second-order valence-corrected chi connectivity index (χ2v) is 6.14. The van der Waals surface area contributed by atoms with Gasteiger partial charge in [0.1, 0.15) is 11.9 Å². The SMILES string of the molecule is O=C(Nc1ccc(F)cc1)[C@@H](c1ccccc1)N1CC[C@H](CO)C1. The normalized spacial score (nSPS) is 19.2. The van der Waals surface area contributed by atoms with Gasteiger partial charge in [-0.25, -0.2) is 4.39 Å². The van der Waals surface area contributed by atoms with Crippen LogP contribution in [0.5, 0.6) is 0 Å². The van der Waals surface area contributed by atoms with Crippen LogP contribution in [-0.4, -0.2) is 35.6 Å². The lowest BCUT2D eigenvalue weighted by molar-refractivity contribution is -0.121. The van der Waals surface area contributed by atoms with Crippen LogP contribution in [0.25, 0.3) is 0 Å². The number of aliphatic hydroxyl groups is 1. The highest BCUT2D eigenvalue weighted by molar-refractivity contribution is 5.95. The predicted octanol–water partition coefficient (Wildman–Crippen LogP) is 2.82. The number of benzene rings is 2. The summed E-state index contributed by atoms with van der Waals surface area (Å²) in [4.78, 5) is 15.0. The highest BCUT2D eigenvalue weighted by atomic mass is 19.1. The molecule has 2 N–H and O–H groups in total. The number of amides is 1. The quantitative estimate of drug-likeness (QED) is 0.887. The first-order valence-electron chi connectivity index (χ1n) is 8.13. The summed E-state index contributed by atoms with van der Waals surface area (Å²) in [6.07, 6.45) is 0.879. The van der Waals surface area contributed by atoms with Crippen molar-refractivity contribution in [3.63, 3.8) is 0 Å². The molecule has 2 aromatic rings. The Bertz CT molecular complexity index is 676. The van der Waals surface area contributed by atoms with E-state index in [1.54, 1.807) is 12.1 Å². The molecule has 2 atom stereocenters. The summed E-state index contributed by atoms with van der Waals surface area (Å²) in [6.45, 7) is 1.59. The van der Waals surface area contributed by atoms with E-state index in [2.05, 4.69) is 10.2 Å². The summed E-state index contributed by atoms with van der Waals surface area (Å²) in [6, 6.07) is 14.9. The van der Waals surface area contributed by atoms with Crippen molar-refractivity contribution in [1.29, 1.82) is 0 Å². The Morgan fingerprint density at radius 3 is 2.54 bits per heavy atom.